The van der Waals surface area contributed by atoms with Crippen LogP contribution in [-0.2, 0) is 23.2 Å². The Morgan fingerprint density at radius 3 is 2.73 bits per heavy atom. The summed E-state index contributed by atoms with van der Waals surface area (Å²) in [4.78, 5) is 15.7. The lowest BCUT2D eigenvalue weighted by molar-refractivity contribution is -0.138. The van der Waals surface area contributed by atoms with E-state index in [-0.39, 0.29) is 18.3 Å². The van der Waals surface area contributed by atoms with Crippen LogP contribution in [0.25, 0.3) is 11.0 Å². The average molecular weight is 524 g/mol. The van der Waals surface area contributed by atoms with Crippen molar-refractivity contribution >= 4 is 28.6 Å². The van der Waals surface area contributed by atoms with E-state index in [1.54, 1.807) is 12.3 Å². The van der Waals surface area contributed by atoms with Crippen molar-refractivity contribution in [3.63, 3.8) is 0 Å². The molecule has 0 bridgehead atoms. The number of hydrogen-bond acceptors (Lipinski definition) is 5. The first-order valence-electron chi connectivity index (χ1n) is 12.9. The van der Waals surface area contributed by atoms with Gasteiger partial charge in [-0.25, -0.2) is 4.98 Å². The van der Waals surface area contributed by atoms with E-state index in [9.17, 15) is 20.3 Å². The number of carboxylic acids is 1. The molecule has 8 heteroatoms. The molecule has 2 aromatic heterocycles. The summed E-state index contributed by atoms with van der Waals surface area (Å²) >= 11 is 6.07. The lowest BCUT2D eigenvalue weighted by Gasteiger charge is -2.30. The molecule has 37 heavy (non-hydrogen) atoms. The van der Waals surface area contributed by atoms with E-state index < -0.39 is 12.1 Å². The Labute approximate surface area is 222 Å². The van der Waals surface area contributed by atoms with Crippen molar-refractivity contribution in [3.05, 3.63) is 63.9 Å². The minimum absolute atomic E-state index is 0.000843. The fraction of sp³-hybridized carbons (Fsp3) is 0.483. The van der Waals surface area contributed by atoms with Gasteiger partial charge in [-0.1, -0.05) is 30.7 Å². The molecule has 0 spiro atoms. The van der Waals surface area contributed by atoms with Crippen molar-refractivity contribution in [2.75, 3.05) is 6.61 Å². The topological polar surface area (TPSA) is 108 Å². The fourth-order valence-corrected chi connectivity index (χ4v) is 5.93. The van der Waals surface area contributed by atoms with Gasteiger partial charge in [-0.05, 0) is 73.6 Å². The molecule has 2 unspecified atom stereocenters. The summed E-state index contributed by atoms with van der Waals surface area (Å²) in [7, 11) is 1.97. The molecule has 1 fully saturated rings. The van der Waals surface area contributed by atoms with Gasteiger partial charge in [-0.2, -0.15) is 5.26 Å². The van der Waals surface area contributed by atoms with Crippen LogP contribution in [0.15, 0.2) is 36.5 Å². The van der Waals surface area contributed by atoms with Crippen LogP contribution in [0.2, 0.25) is 5.02 Å². The van der Waals surface area contributed by atoms with E-state index in [1.165, 1.54) is 0 Å². The zero-order valence-corrected chi connectivity index (χ0v) is 22.1. The minimum atomic E-state index is -0.873. The maximum Gasteiger partial charge on any atom is 0.303 e. The molecule has 0 radical (unpaired) electrons. The Kier molecular flexibility index (Phi) is 8.86. The number of aliphatic carboxylic acids is 1. The van der Waals surface area contributed by atoms with Crippen molar-refractivity contribution in [2.45, 2.75) is 64.1 Å². The van der Waals surface area contributed by atoms with Gasteiger partial charge in [0.2, 0.25) is 0 Å². The third-order valence-corrected chi connectivity index (χ3v) is 7.70. The van der Waals surface area contributed by atoms with Crippen molar-refractivity contribution in [1.82, 2.24) is 9.55 Å². The van der Waals surface area contributed by atoms with Crippen molar-refractivity contribution < 1.29 is 19.7 Å². The molecule has 4 rings (SSSR count). The number of aliphatic hydroxyl groups excluding tert-OH is 1. The monoisotopic (exact) mass is 523 g/mol. The molecule has 1 aliphatic carbocycles. The number of benzene rings is 1. The van der Waals surface area contributed by atoms with Gasteiger partial charge in [0.1, 0.15) is 11.7 Å². The predicted molar refractivity (Wildman–Crippen MR) is 142 cm³/mol. The van der Waals surface area contributed by atoms with Gasteiger partial charge in [0.25, 0.3) is 0 Å². The Hall–Kier alpha value is -2.92. The summed E-state index contributed by atoms with van der Waals surface area (Å²) in [5.74, 6) is -0.344. The summed E-state index contributed by atoms with van der Waals surface area (Å²) < 4.78 is 8.05. The van der Waals surface area contributed by atoms with E-state index in [1.807, 2.05) is 38.2 Å². The molecule has 0 aliphatic heterocycles. The number of nitriles is 1. The number of aromatic nitrogens is 2. The molecule has 0 amide bonds. The summed E-state index contributed by atoms with van der Waals surface area (Å²) in [6.45, 7) is 3.08. The largest absolute Gasteiger partial charge is 0.481 e. The molecule has 7 nitrogen and oxygen atoms in total. The van der Waals surface area contributed by atoms with Gasteiger partial charge >= 0.3 is 5.97 Å². The summed E-state index contributed by atoms with van der Waals surface area (Å²) in [6, 6.07) is 11.7. The van der Waals surface area contributed by atoms with Crippen molar-refractivity contribution in [1.29, 1.82) is 5.26 Å². The number of nitrogens with zero attached hydrogens (tertiary/aromatic N) is 3. The second-order valence-corrected chi connectivity index (χ2v) is 10.8. The Morgan fingerprint density at radius 2 is 2.05 bits per heavy atom. The van der Waals surface area contributed by atoms with E-state index in [0.29, 0.717) is 36.1 Å². The van der Waals surface area contributed by atoms with Crippen LogP contribution in [0.3, 0.4) is 0 Å². The highest BCUT2D eigenvalue weighted by Crippen LogP contribution is 2.43. The van der Waals surface area contributed by atoms with Crippen LogP contribution in [0, 0.1) is 23.2 Å². The van der Waals surface area contributed by atoms with E-state index >= 15 is 0 Å². The number of halogens is 1. The lowest BCUT2D eigenvalue weighted by atomic mass is 9.78. The first-order chi connectivity index (χ1) is 17.8. The second kappa shape index (κ2) is 12.1. The zero-order valence-electron chi connectivity index (χ0n) is 21.4. The smallest absolute Gasteiger partial charge is 0.303 e. The van der Waals surface area contributed by atoms with E-state index in [2.05, 4.69) is 15.6 Å². The van der Waals surface area contributed by atoms with Crippen molar-refractivity contribution in [2.24, 2.45) is 18.9 Å². The van der Waals surface area contributed by atoms with Gasteiger partial charge in [-0.15, -0.1) is 0 Å². The molecule has 1 aliphatic rings. The van der Waals surface area contributed by atoms with Gasteiger partial charge in [0.05, 0.1) is 18.3 Å². The number of carbonyl (C=O) groups is 1. The summed E-state index contributed by atoms with van der Waals surface area (Å²) in [6.07, 6.45) is 5.02. The quantitative estimate of drug-likeness (QED) is 0.331. The first kappa shape index (κ1) is 27.1. The minimum Gasteiger partial charge on any atom is -0.481 e. The number of aryl methyl sites for hydroxylation is 1. The fourth-order valence-electron chi connectivity index (χ4n) is 5.71. The highest BCUT2D eigenvalue weighted by atomic mass is 35.5. The Balaban J connectivity index is 1.50. The van der Waals surface area contributed by atoms with Crippen LogP contribution in [0.5, 0.6) is 0 Å². The standard InChI is InChI=1S/C29H34ClN3O4/c1-18(11-26(35)36)10-25(34)27-24-13-21(14-31)15-32-29(24)33(2)28(27)22-8-6-19(7-9-22)16-37-17-20-4-3-5-23(30)12-20/h3-5,12-13,15,18-19,22,25,34H,6-11,16-17H2,1-2H3,(H,35,36)/t18?,19-,22-,25?. The third kappa shape index (κ3) is 6.51. The van der Waals surface area contributed by atoms with Crippen molar-refractivity contribution in [3.8, 4) is 6.07 Å². The lowest BCUT2D eigenvalue weighted by Crippen LogP contribution is -2.20. The average Bonchev–Trinajstić information content (AvgIpc) is 3.15. The molecule has 3 aromatic rings. The zero-order chi connectivity index (χ0) is 26.5. The molecule has 196 valence electrons. The highest BCUT2D eigenvalue weighted by Gasteiger charge is 2.31. The van der Waals surface area contributed by atoms with Gasteiger partial charge < -0.3 is 19.5 Å². The molecule has 0 saturated heterocycles. The van der Waals surface area contributed by atoms with Crippen LogP contribution < -0.4 is 0 Å². The molecular weight excluding hydrogens is 490 g/mol. The Morgan fingerprint density at radius 1 is 1.30 bits per heavy atom. The number of ether oxygens (including phenoxy) is 1. The number of carboxylic acid groups (broad SMARTS) is 1. The van der Waals surface area contributed by atoms with Crippen LogP contribution in [-0.4, -0.2) is 32.3 Å². The molecular formula is C29H34ClN3O4. The number of fused-ring (bicyclic) bond motifs is 1. The normalized spacial score (nSPS) is 19.4. The maximum atomic E-state index is 11.3. The highest BCUT2D eigenvalue weighted by molar-refractivity contribution is 6.30. The number of hydrogen-bond donors (Lipinski definition) is 2. The van der Waals surface area contributed by atoms with Gasteiger partial charge in [-0.3, -0.25) is 4.79 Å². The number of pyridine rings is 1. The summed E-state index contributed by atoms with van der Waals surface area (Å²) in [5.41, 5.74) is 4.08. The number of aliphatic hydroxyl groups is 1. The molecule has 1 aromatic carbocycles. The first-order valence-corrected chi connectivity index (χ1v) is 13.2. The van der Waals surface area contributed by atoms with E-state index in [4.69, 9.17) is 16.3 Å². The second-order valence-electron chi connectivity index (χ2n) is 10.4. The maximum absolute atomic E-state index is 11.3. The molecule has 2 heterocycles. The predicted octanol–water partition coefficient (Wildman–Crippen LogP) is 6.12. The summed E-state index contributed by atoms with van der Waals surface area (Å²) in [5, 5.41) is 31.5. The van der Waals surface area contributed by atoms with E-state index in [0.717, 1.165) is 53.5 Å². The van der Waals surface area contributed by atoms with Gasteiger partial charge in [0.15, 0.2) is 0 Å². The van der Waals surface area contributed by atoms with Crippen LogP contribution >= 0.6 is 11.6 Å². The molecule has 2 atom stereocenters. The Bertz CT molecular complexity index is 1290. The van der Waals surface area contributed by atoms with Gasteiger partial charge in [0, 0.05) is 47.9 Å². The van der Waals surface area contributed by atoms with Crippen LogP contribution in [0.1, 0.15) is 79.9 Å². The van der Waals surface area contributed by atoms with Crippen LogP contribution in [0.4, 0.5) is 0 Å². The molecule has 2 N–H and O–H groups in total. The SMILES string of the molecule is CC(CC(=O)O)CC(O)c1c2cc(C#N)cnc2n(C)c1[C@H]1CC[C@H](COCc2cccc(Cl)c2)CC1. The third-order valence-electron chi connectivity index (χ3n) is 7.47. The molecule has 1 saturated carbocycles. The number of rotatable bonds is 10.